The van der Waals surface area contributed by atoms with Crippen molar-refractivity contribution < 1.29 is 28.3 Å². The van der Waals surface area contributed by atoms with E-state index in [0.717, 1.165) is 13.1 Å². The first-order valence-corrected chi connectivity index (χ1v) is 10.4. The molecule has 9 heteroatoms. The Morgan fingerprint density at radius 3 is 2.61 bits per heavy atom. The first-order valence-electron chi connectivity index (χ1n) is 10.4. The lowest BCUT2D eigenvalue weighted by atomic mass is 10.0. The molecule has 0 unspecified atom stereocenters. The molecule has 0 aliphatic carbocycles. The van der Waals surface area contributed by atoms with Crippen LogP contribution in [0, 0.1) is 13.8 Å². The lowest BCUT2D eigenvalue weighted by Gasteiger charge is -2.29. The SMILES string of the molecule is CCOC(=O)c1[nH]c(C)c(C(=O)CN(CCN2CCOCC2)C(=O)c2ccco2)c1C. The summed E-state index contributed by atoms with van der Waals surface area (Å²) in [4.78, 5) is 45.0. The van der Waals surface area contributed by atoms with Crippen molar-refractivity contribution in [3.05, 3.63) is 46.7 Å². The predicted molar refractivity (Wildman–Crippen MR) is 112 cm³/mol. The summed E-state index contributed by atoms with van der Waals surface area (Å²) in [6.45, 7) is 9.17. The maximum Gasteiger partial charge on any atom is 0.355 e. The third-order valence-corrected chi connectivity index (χ3v) is 5.34. The standard InChI is InChI=1S/C22H29N3O6/c1-4-30-22(28)20-15(2)19(16(3)23-20)17(26)14-25(21(27)18-6-5-11-31-18)8-7-24-9-12-29-13-10-24/h5-6,11,23H,4,7-10,12-14H2,1-3H3. The molecule has 0 spiro atoms. The minimum atomic E-state index is -0.502. The van der Waals surface area contributed by atoms with Crippen LogP contribution < -0.4 is 0 Å². The molecule has 2 aromatic heterocycles. The third kappa shape index (κ3) is 5.42. The lowest BCUT2D eigenvalue weighted by molar-refractivity contribution is 0.0319. The van der Waals surface area contributed by atoms with Crippen molar-refractivity contribution in [2.75, 3.05) is 52.5 Å². The van der Waals surface area contributed by atoms with Crippen molar-refractivity contribution in [3.63, 3.8) is 0 Å². The highest BCUT2D eigenvalue weighted by Crippen LogP contribution is 2.20. The number of hydrogen-bond donors (Lipinski definition) is 1. The number of rotatable bonds is 9. The highest BCUT2D eigenvalue weighted by Gasteiger charge is 2.27. The number of aryl methyl sites for hydroxylation is 1. The molecule has 0 saturated carbocycles. The van der Waals surface area contributed by atoms with Gasteiger partial charge in [-0.05, 0) is 38.5 Å². The summed E-state index contributed by atoms with van der Waals surface area (Å²) in [7, 11) is 0. The van der Waals surface area contributed by atoms with Crippen LogP contribution in [0.4, 0.5) is 0 Å². The molecular weight excluding hydrogens is 402 g/mol. The van der Waals surface area contributed by atoms with Crippen molar-refractivity contribution in [3.8, 4) is 0 Å². The normalized spacial score (nSPS) is 14.4. The Morgan fingerprint density at radius 1 is 1.23 bits per heavy atom. The molecule has 0 bridgehead atoms. The van der Waals surface area contributed by atoms with Crippen LogP contribution in [-0.2, 0) is 9.47 Å². The number of H-pyrrole nitrogens is 1. The van der Waals surface area contributed by atoms with Gasteiger partial charge in [-0.15, -0.1) is 0 Å². The fraction of sp³-hybridized carbons (Fsp3) is 0.500. The van der Waals surface area contributed by atoms with Crippen LogP contribution in [-0.4, -0.2) is 85.0 Å². The van der Waals surface area contributed by atoms with E-state index in [9.17, 15) is 14.4 Å². The van der Waals surface area contributed by atoms with Gasteiger partial charge in [0.2, 0.25) is 0 Å². The maximum atomic E-state index is 13.2. The summed E-state index contributed by atoms with van der Waals surface area (Å²) in [5, 5.41) is 0. The Hall–Kier alpha value is -2.91. The average Bonchev–Trinajstić information content (AvgIpc) is 3.39. The molecule has 1 fully saturated rings. The van der Waals surface area contributed by atoms with Gasteiger partial charge < -0.3 is 23.8 Å². The van der Waals surface area contributed by atoms with Crippen molar-refractivity contribution in [2.24, 2.45) is 0 Å². The number of ketones is 1. The quantitative estimate of drug-likeness (QED) is 0.479. The van der Waals surface area contributed by atoms with Crippen molar-refractivity contribution in [2.45, 2.75) is 20.8 Å². The molecule has 1 amide bonds. The number of morpholine rings is 1. The minimum absolute atomic E-state index is 0.119. The van der Waals surface area contributed by atoms with E-state index in [1.807, 2.05) is 0 Å². The summed E-state index contributed by atoms with van der Waals surface area (Å²) < 4.78 is 15.7. The maximum absolute atomic E-state index is 13.2. The van der Waals surface area contributed by atoms with Crippen molar-refractivity contribution >= 4 is 17.7 Å². The zero-order chi connectivity index (χ0) is 22.4. The smallest absolute Gasteiger partial charge is 0.355 e. The lowest BCUT2D eigenvalue weighted by Crippen LogP contribution is -2.44. The Morgan fingerprint density at radius 2 is 1.97 bits per heavy atom. The second kappa shape index (κ2) is 10.4. The molecule has 9 nitrogen and oxygen atoms in total. The van der Waals surface area contributed by atoms with E-state index in [2.05, 4.69) is 9.88 Å². The number of esters is 1. The van der Waals surface area contributed by atoms with Gasteiger partial charge in [0.05, 0.1) is 32.6 Å². The summed E-state index contributed by atoms with van der Waals surface area (Å²) in [6.07, 6.45) is 1.43. The summed E-state index contributed by atoms with van der Waals surface area (Å²) in [6, 6.07) is 3.22. The molecule has 1 saturated heterocycles. The summed E-state index contributed by atoms with van der Waals surface area (Å²) in [5.41, 5.74) is 1.77. The van der Waals surface area contributed by atoms with E-state index in [-0.39, 0.29) is 36.3 Å². The number of nitrogens with one attached hydrogen (secondary N) is 1. The topological polar surface area (TPSA) is 105 Å². The molecule has 0 radical (unpaired) electrons. The molecule has 1 aliphatic rings. The van der Waals surface area contributed by atoms with E-state index in [0.29, 0.717) is 43.1 Å². The Kier molecular flexibility index (Phi) is 7.64. The van der Waals surface area contributed by atoms with Crippen LogP contribution in [0.25, 0.3) is 0 Å². The highest BCUT2D eigenvalue weighted by molar-refractivity contribution is 6.05. The fourth-order valence-electron chi connectivity index (χ4n) is 3.72. The van der Waals surface area contributed by atoms with Gasteiger partial charge in [-0.25, -0.2) is 4.79 Å². The van der Waals surface area contributed by atoms with Gasteiger partial charge in [-0.2, -0.15) is 0 Å². The number of carbonyl (C=O) groups is 3. The molecule has 168 valence electrons. The van der Waals surface area contributed by atoms with Gasteiger partial charge in [-0.3, -0.25) is 14.5 Å². The average molecular weight is 431 g/mol. The molecule has 2 aromatic rings. The number of nitrogens with zero attached hydrogens (tertiary/aromatic N) is 2. The number of ether oxygens (including phenoxy) is 2. The van der Waals surface area contributed by atoms with Crippen molar-refractivity contribution in [1.29, 1.82) is 0 Å². The summed E-state index contributed by atoms with van der Waals surface area (Å²) >= 11 is 0. The number of aromatic nitrogens is 1. The van der Waals surface area contributed by atoms with E-state index >= 15 is 0 Å². The van der Waals surface area contributed by atoms with Crippen molar-refractivity contribution in [1.82, 2.24) is 14.8 Å². The molecule has 0 aromatic carbocycles. The first-order chi connectivity index (χ1) is 14.9. The van der Waals surface area contributed by atoms with Gasteiger partial charge in [-0.1, -0.05) is 0 Å². The van der Waals surface area contributed by atoms with Crippen LogP contribution >= 0.6 is 0 Å². The predicted octanol–water partition coefficient (Wildman–Crippen LogP) is 2.06. The number of amides is 1. The zero-order valence-electron chi connectivity index (χ0n) is 18.2. The Balaban J connectivity index is 1.77. The number of Topliss-reactive ketones (excluding diaryl/α,β-unsaturated/α-hetero) is 1. The Labute approximate surface area is 181 Å². The van der Waals surface area contributed by atoms with Gasteiger partial charge in [0.25, 0.3) is 5.91 Å². The molecule has 0 atom stereocenters. The third-order valence-electron chi connectivity index (χ3n) is 5.34. The van der Waals surface area contributed by atoms with Gasteiger partial charge in [0.15, 0.2) is 11.5 Å². The Bertz CT molecular complexity index is 912. The molecule has 31 heavy (non-hydrogen) atoms. The van der Waals surface area contributed by atoms with Crippen LogP contribution in [0.3, 0.4) is 0 Å². The monoisotopic (exact) mass is 431 g/mol. The highest BCUT2D eigenvalue weighted by atomic mass is 16.5. The van der Waals surface area contributed by atoms with E-state index in [1.165, 1.54) is 11.2 Å². The van der Waals surface area contributed by atoms with Gasteiger partial charge in [0.1, 0.15) is 5.69 Å². The minimum Gasteiger partial charge on any atom is -0.461 e. The molecule has 3 heterocycles. The van der Waals surface area contributed by atoms with Crippen LogP contribution in [0.1, 0.15) is 49.6 Å². The molecule has 1 aliphatic heterocycles. The number of aromatic amines is 1. The number of carbonyl (C=O) groups excluding carboxylic acids is 3. The van der Waals surface area contributed by atoms with Crippen LogP contribution in [0.15, 0.2) is 22.8 Å². The van der Waals surface area contributed by atoms with Gasteiger partial charge in [0, 0.05) is 37.4 Å². The van der Waals surface area contributed by atoms with Crippen LogP contribution in [0.2, 0.25) is 0 Å². The van der Waals surface area contributed by atoms with Crippen LogP contribution in [0.5, 0.6) is 0 Å². The summed E-state index contributed by atoms with van der Waals surface area (Å²) in [5.74, 6) is -0.908. The number of hydrogen-bond acceptors (Lipinski definition) is 7. The second-order valence-corrected chi connectivity index (χ2v) is 7.43. The van der Waals surface area contributed by atoms with E-state index < -0.39 is 5.97 Å². The fourth-order valence-corrected chi connectivity index (χ4v) is 3.72. The number of furan rings is 1. The van der Waals surface area contributed by atoms with E-state index in [1.54, 1.807) is 32.9 Å². The molecule has 1 N–H and O–H groups in total. The van der Waals surface area contributed by atoms with Gasteiger partial charge >= 0.3 is 5.97 Å². The zero-order valence-corrected chi connectivity index (χ0v) is 18.2. The second-order valence-electron chi connectivity index (χ2n) is 7.43. The molecular formula is C22H29N3O6. The van der Waals surface area contributed by atoms with E-state index in [4.69, 9.17) is 13.9 Å². The first kappa shape index (κ1) is 22.8. The molecule has 3 rings (SSSR count). The largest absolute Gasteiger partial charge is 0.461 e.